The Morgan fingerprint density at radius 3 is 2.08 bits per heavy atom. The highest BCUT2D eigenvalue weighted by molar-refractivity contribution is 6.00. The molecule has 4 heteroatoms. The van der Waals surface area contributed by atoms with E-state index in [2.05, 4.69) is 0 Å². The van der Waals surface area contributed by atoms with Gasteiger partial charge in [-0.3, -0.25) is 0 Å². The van der Waals surface area contributed by atoms with Gasteiger partial charge >= 0.3 is 0 Å². The predicted molar refractivity (Wildman–Crippen MR) is 39.8 cm³/mol. The normalized spacial score (nSPS) is 9.62. The maximum atomic E-state index is 10.5. The Morgan fingerprint density at radius 2 is 1.62 bits per heavy atom. The van der Waals surface area contributed by atoms with Crippen LogP contribution in [0.15, 0.2) is 18.2 Å². The highest BCUT2D eigenvalue weighted by atomic mass is 16.4. The van der Waals surface area contributed by atoms with E-state index in [1.165, 1.54) is 18.2 Å². The first-order chi connectivity index (χ1) is 6.02. The summed E-state index contributed by atoms with van der Waals surface area (Å²) >= 11 is 0. The summed E-state index contributed by atoms with van der Waals surface area (Å²) < 4.78 is 0. The number of carbonyl (C=O) groups is 2. The standard InChI is InChI=1S/C9H8O4/c1-5-2-3-6(8(10)11)7(4-5)9(12)13/h2-4H,1H3,(H,10,11)(H,12,13)/p-2. The van der Waals surface area contributed by atoms with Gasteiger partial charge < -0.3 is 19.8 Å². The number of carbonyl (C=O) groups excluding carboxylic acids is 2. The van der Waals surface area contributed by atoms with E-state index in [1.54, 1.807) is 6.92 Å². The van der Waals surface area contributed by atoms with Crippen LogP contribution in [0.2, 0.25) is 0 Å². The van der Waals surface area contributed by atoms with Crippen LogP contribution in [0.5, 0.6) is 0 Å². The molecule has 0 N–H and O–H groups in total. The van der Waals surface area contributed by atoms with Crippen molar-refractivity contribution < 1.29 is 19.8 Å². The van der Waals surface area contributed by atoms with Crippen molar-refractivity contribution in [3.05, 3.63) is 34.9 Å². The zero-order chi connectivity index (χ0) is 10.0. The number of hydrogen-bond acceptors (Lipinski definition) is 4. The van der Waals surface area contributed by atoms with Crippen LogP contribution in [-0.4, -0.2) is 11.9 Å². The molecule has 68 valence electrons. The molecule has 0 aliphatic heterocycles. The molecule has 1 rings (SSSR count). The molecule has 1 aromatic carbocycles. The van der Waals surface area contributed by atoms with Gasteiger partial charge in [-0.25, -0.2) is 0 Å². The SMILES string of the molecule is Cc1ccc(C(=O)[O-])c(C(=O)[O-])c1. The Hall–Kier alpha value is -1.84. The molecule has 13 heavy (non-hydrogen) atoms. The molecule has 1 aromatic rings. The van der Waals surface area contributed by atoms with E-state index in [0.717, 1.165) is 0 Å². The summed E-state index contributed by atoms with van der Waals surface area (Å²) in [6.07, 6.45) is 0. The minimum atomic E-state index is -1.51. The largest absolute Gasteiger partial charge is 0.545 e. The number of hydrogen-bond donors (Lipinski definition) is 0. The fourth-order valence-electron chi connectivity index (χ4n) is 1.00. The van der Waals surface area contributed by atoms with Crippen LogP contribution in [0.3, 0.4) is 0 Å². The summed E-state index contributed by atoms with van der Waals surface area (Å²) in [6.45, 7) is 1.66. The fraction of sp³-hybridized carbons (Fsp3) is 0.111. The van der Waals surface area contributed by atoms with Gasteiger partial charge in [-0.05, 0) is 13.0 Å². The van der Waals surface area contributed by atoms with Crippen molar-refractivity contribution in [2.75, 3.05) is 0 Å². The molecule has 4 nitrogen and oxygen atoms in total. The molecule has 0 amide bonds. The lowest BCUT2D eigenvalue weighted by Gasteiger charge is -2.11. The average molecular weight is 178 g/mol. The summed E-state index contributed by atoms with van der Waals surface area (Å²) in [5.41, 5.74) is -0.0465. The van der Waals surface area contributed by atoms with Crippen molar-refractivity contribution >= 4 is 11.9 Å². The zero-order valence-electron chi connectivity index (χ0n) is 6.87. The molecule has 0 bridgehead atoms. The second kappa shape index (κ2) is 3.26. The van der Waals surface area contributed by atoms with Gasteiger partial charge in [-0.15, -0.1) is 0 Å². The third kappa shape index (κ3) is 1.84. The minimum absolute atomic E-state index is 0.347. The van der Waals surface area contributed by atoms with E-state index >= 15 is 0 Å². The van der Waals surface area contributed by atoms with Crippen LogP contribution in [-0.2, 0) is 0 Å². The third-order valence-electron chi connectivity index (χ3n) is 1.61. The van der Waals surface area contributed by atoms with E-state index in [-0.39, 0.29) is 11.1 Å². The number of aromatic carboxylic acids is 2. The Bertz CT molecular complexity index is 368. The second-order valence-corrected chi connectivity index (χ2v) is 2.62. The Balaban J connectivity index is 3.35. The van der Waals surface area contributed by atoms with Crippen LogP contribution in [0.25, 0.3) is 0 Å². The Kier molecular flexibility index (Phi) is 2.32. The van der Waals surface area contributed by atoms with Gasteiger partial charge in [0, 0.05) is 11.1 Å². The number of carboxylic acids is 2. The van der Waals surface area contributed by atoms with E-state index in [0.29, 0.717) is 5.56 Å². The molecule has 0 radical (unpaired) electrons. The molecule has 0 unspecified atom stereocenters. The second-order valence-electron chi connectivity index (χ2n) is 2.62. The molecule has 0 aliphatic rings. The lowest BCUT2D eigenvalue weighted by molar-refractivity contribution is -0.259. The fourth-order valence-corrected chi connectivity index (χ4v) is 1.00. The summed E-state index contributed by atoms with van der Waals surface area (Å²) in [5.74, 6) is -3.03. The van der Waals surface area contributed by atoms with E-state index < -0.39 is 11.9 Å². The monoisotopic (exact) mass is 178 g/mol. The predicted octanol–water partition coefficient (Wildman–Crippen LogP) is -1.28. The smallest absolute Gasteiger partial charge is 0.0722 e. The summed E-state index contributed by atoms with van der Waals surface area (Å²) in [7, 11) is 0. The minimum Gasteiger partial charge on any atom is -0.545 e. The molecule has 0 aliphatic carbocycles. The molecule has 0 fully saturated rings. The highest BCUT2D eigenvalue weighted by Crippen LogP contribution is 2.09. The molecular formula is C9H6O4-2. The Labute approximate surface area is 74.4 Å². The molecule has 0 spiro atoms. The summed E-state index contributed by atoms with van der Waals surface area (Å²) in [6, 6.07) is 3.92. The summed E-state index contributed by atoms with van der Waals surface area (Å²) in [4.78, 5) is 20.9. The topological polar surface area (TPSA) is 80.3 Å². The average Bonchev–Trinajstić information content (AvgIpc) is 2.03. The molecular weight excluding hydrogens is 172 g/mol. The van der Waals surface area contributed by atoms with Crippen LogP contribution in [0.1, 0.15) is 26.3 Å². The van der Waals surface area contributed by atoms with Gasteiger partial charge in [0.25, 0.3) is 0 Å². The number of aryl methyl sites for hydroxylation is 1. The molecule has 0 saturated carbocycles. The molecule has 0 heterocycles. The zero-order valence-corrected chi connectivity index (χ0v) is 6.87. The van der Waals surface area contributed by atoms with Gasteiger partial charge in [-0.2, -0.15) is 0 Å². The molecule has 0 saturated heterocycles. The van der Waals surface area contributed by atoms with Crippen molar-refractivity contribution in [2.24, 2.45) is 0 Å². The maximum absolute atomic E-state index is 10.5. The van der Waals surface area contributed by atoms with Crippen LogP contribution < -0.4 is 10.2 Å². The van der Waals surface area contributed by atoms with Crippen molar-refractivity contribution in [1.29, 1.82) is 0 Å². The van der Waals surface area contributed by atoms with Gasteiger partial charge in [0.05, 0.1) is 11.9 Å². The Morgan fingerprint density at radius 1 is 1.08 bits per heavy atom. The number of carboxylic acid groups (broad SMARTS) is 2. The lowest BCUT2D eigenvalue weighted by Crippen LogP contribution is -2.30. The van der Waals surface area contributed by atoms with E-state index in [4.69, 9.17) is 0 Å². The van der Waals surface area contributed by atoms with Crippen molar-refractivity contribution in [3.63, 3.8) is 0 Å². The first-order valence-corrected chi connectivity index (χ1v) is 3.55. The van der Waals surface area contributed by atoms with Crippen LogP contribution in [0, 0.1) is 6.92 Å². The maximum Gasteiger partial charge on any atom is 0.0722 e. The highest BCUT2D eigenvalue weighted by Gasteiger charge is 2.03. The first-order valence-electron chi connectivity index (χ1n) is 3.55. The van der Waals surface area contributed by atoms with Gasteiger partial charge in [0.2, 0.25) is 0 Å². The van der Waals surface area contributed by atoms with Gasteiger partial charge in [0.1, 0.15) is 0 Å². The van der Waals surface area contributed by atoms with E-state index in [9.17, 15) is 19.8 Å². The van der Waals surface area contributed by atoms with E-state index in [1.807, 2.05) is 0 Å². The number of benzene rings is 1. The first kappa shape index (κ1) is 9.25. The third-order valence-corrected chi connectivity index (χ3v) is 1.61. The van der Waals surface area contributed by atoms with Crippen LogP contribution >= 0.6 is 0 Å². The lowest BCUT2D eigenvalue weighted by atomic mass is 10.0. The van der Waals surface area contributed by atoms with Crippen LogP contribution in [0.4, 0.5) is 0 Å². The van der Waals surface area contributed by atoms with Crippen molar-refractivity contribution in [1.82, 2.24) is 0 Å². The molecule has 0 aromatic heterocycles. The quantitative estimate of drug-likeness (QED) is 0.565. The molecule has 0 atom stereocenters. The van der Waals surface area contributed by atoms with Gasteiger partial charge in [0.15, 0.2) is 0 Å². The van der Waals surface area contributed by atoms with Gasteiger partial charge in [-0.1, -0.05) is 17.7 Å². The van der Waals surface area contributed by atoms with Crippen molar-refractivity contribution in [2.45, 2.75) is 6.92 Å². The summed E-state index contributed by atoms with van der Waals surface area (Å²) in [5, 5.41) is 20.9. The number of rotatable bonds is 2. The van der Waals surface area contributed by atoms with Crippen molar-refractivity contribution in [3.8, 4) is 0 Å².